The summed E-state index contributed by atoms with van der Waals surface area (Å²) in [5, 5.41) is 0. The van der Waals surface area contributed by atoms with Gasteiger partial charge in [0.05, 0.1) is 12.7 Å². The van der Waals surface area contributed by atoms with Crippen molar-refractivity contribution >= 4 is 5.78 Å². The zero-order valence-electron chi connectivity index (χ0n) is 15.3. The molecule has 0 unspecified atom stereocenters. The Labute approximate surface area is 154 Å². The van der Waals surface area contributed by atoms with Gasteiger partial charge in [0.1, 0.15) is 18.1 Å². The number of ether oxygens (including phenoxy) is 2. The van der Waals surface area contributed by atoms with Crippen LogP contribution in [0.25, 0.3) is 0 Å². The van der Waals surface area contributed by atoms with Crippen molar-refractivity contribution in [3.8, 4) is 11.5 Å². The van der Waals surface area contributed by atoms with Gasteiger partial charge >= 0.3 is 0 Å². The SMILES string of the molecule is COc1c(C(=O)c2cccc(OCc3ccccc3)c2)ccc(C)c1C. The first-order valence-electron chi connectivity index (χ1n) is 8.56. The summed E-state index contributed by atoms with van der Waals surface area (Å²) in [5.74, 6) is 1.23. The minimum absolute atomic E-state index is 0.0740. The highest BCUT2D eigenvalue weighted by molar-refractivity contribution is 6.11. The molecule has 3 rings (SSSR count). The molecule has 0 atom stereocenters. The minimum Gasteiger partial charge on any atom is -0.496 e. The van der Waals surface area contributed by atoms with Crippen molar-refractivity contribution in [3.63, 3.8) is 0 Å². The molecule has 0 saturated carbocycles. The number of methoxy groups -OCH3 is 1. The maximum absolute atomic E-state index is 13.0. The van der Waals surface area contributed by atoms with Crippen molar-refractivity contribution in [1.82, 2.24) is 0 Å². The molecular weight excluding hydrogens is 324 g/mol. The molecule has 0 N–H and O–H groups in total. The molecule has 0 amide bonds. The topological polar surface area (TPSA) is 35.5 Å². The van der Waals surface area contributed by atoms with Crippen LogP contribution in [0.15, 0.2) is 66.7 Å². The molecule has 3 heteroatoms. The molecule has 0 bridgehead atoms. The predicted octanol–water partition coefficient (Wildman–Crippen LogP) is 5.12. The number of carbonyl (C=O) groups is 1. The van der Waals surface area contributed by atoms with Gasteiger partial charge in [-0.1, -0.05) is 48.5 Å². The first-order chi connectivity index (χ1) is 12.6. The van der Waals surface area contributed by atoms with Crippen molar-refractivity contribution in [1.29, 1.82) is 0 Å². The van der Waals surface area contributed by atoms with Gasteiger partial charge in [0.25, 0.3) is 0 Å². The molecule has 0 saturated heterocycles. The summed E-state index contributed by atoms with van der Waals surface area (Å²) < 4.78 is 11.3. The van der Waals surface area contributed by atoms with Crippen LogP contribution >= 0.6 is 0 Å². The Morgan fingerprint density at radius 3 is 2.42 bits per heavy atom. The fourth-order valence-electron chi connectivity index (χ4n) is 2.86. The van der Waals surface area contributed by atoms with E-state index in [1.807, 2.05) is 68.4 Å². The highest BCUT2D eigenvalue weighted by Crippen LogP contribution is 2.29. The van der Waals surface area contributed by atoms with Crippen LogP contribution in [0, 0.1) is 13.8 Å². The maximum atomic E-state index is 13.0. The highest BCUT2D eigenvalue weighted by atomic mass is 16.5. The summed E-state index contributed by atoms with van der Waals surface area (Å²) >= 11 is 0. The van der Waals surface area contributed by atoms with E-state index in [9.17, 15) is 4.79 Å². The Balaban J connectivity index is 1.84. The van der Waals surface area contributed by atoms with Crippen LogP contribution < -0.4 is 9.47 Å². The Morgan fingerprint density at radius 1 is 0.923 bits per heavy atom. The first kappa shape index (κ1) is 17.7. The molecular formula is C23H22O3. The van der Waals surface area contributed by atoms with Crippen LogP contribution in [-0.4, -0.2) is 12.9 Å². The lowest BCUT2D eigenvalue weighted by Crippen LogP contribution is -2.06. The van der Waals surface area contributed by atoms with Gasteiger partial charge in [-0.2, -0.15) is 0 Å². The zero-order valence-corrected chi connectivity index (χ0v) is 15.3. The lowest BCUT2D eigenvalue weighted by Gasteiger charge is -2.13. The number of hydrogen-bond acceptors (Lipinski definition) is 3. The van der Waals surface area contributed by atoms with Crippen molar-refractivity contribution in [2.75, 3.05) is 7.11 Å². The van der Waals surface area contributed by atoms with E-state index in [-0.39, 0.29) is 5.78 Å². The molecule has 0 aliphatic rings. The predicted molar refractivity (Wildman–Crippen MR) is 103 cm³/mol. The van der Waals surface area contributed by atoms with E-state index in [4.69, 9.17) is 9.47 Å². The molecule has 3 aromatic rings. The lowest BCUT2D eigenvalue weighted by molar-refractivity contribution is 0.103. The smallest absolute Gasteiger partial charge is 0.196 e. The third-order valence-electron chi connectivity index (χ3n) is 4.47. The van der Waals surface area contributed by atoms with Crippen LogP contribution in [0.5, 0.6) is 11.5 Å². The second-order valence-corrected chi connectivity index (χ2v) is 6.22. The number of ketones is 1. The van der Waals surface area contributed by atoms with Crippen LogP contribution in [0.2, 0.25) is 0 Å². The summed E-state index contributed by atoms with van der Waals surface area (Å²) in [4.78, 5) is 13.0. The van der Waals surface area contributed by atoms with Crippen molar-refractivity contribution in [3.05, 3.63) is 94.5 Å². The monoisotopic (exact) mass is 346 g/mol. The van der Waals surface area contributed by atoms with Crippen molar-refractivity contribution < 1.29 is 14.3 Å². The van der Waals surface area contributed by atoms with Crippen molar-refractivity contribution in [2.24, 2.45) is 0 Å². The zero-order chi connectivity index (χ0) is 18.5. The van der Waals surface area contributed by atoms with E-state index in [1.54, 1.807) is 19.2 Å². The van der Waals surface area contributed by atoms with Gasteiger partial charge in [-0.05, 0) is 48.7 Å². The molecule has 0 aliphatic heterocycles. The summed E-state index contributed by atoms with van der Waals surface area (Å²) in [6.07, 6.45) is 0. The van der Waals surface area contributed by atoms with E-state index in [1.165, 1.54) is 0 Å². The Hall–Kier alpha value is -3.07. The quantitative estimate of drug-likeness (QED) is 0.581. The lowest BCUT2D eigenvalue weighted by atomic mass is 9.97. The van der Waals surface area contributed by atoms with E-state index >= 15 is 0 Å². The van der Waals surface area contributed by atoms with Gasteiger partial charge < -0.3 is 9.47 Å². The van der Waals surface area contributed by atoms with Gasteiger partial charge in [0.15, 0.2) is 5.78 Å². The fourth-order valence-corrected chi connectivity index (χ4v) is 2.86. The van der Waals surface area contributed by atoms with Crippen LogP contribution in [0.1, 0.15) is 32.6 Å². The molecule has 0 spiro atoms. The number of benzene rings is 3. The van der Waals surface area contributed by atoms with Crippen LogP contribution in [0.4, 0.5) is 0 Å². The number of hydrogen-bond donors (Lipinski definition) is 0. The molecule has 0 aliphatic carbocycles. The van der Waals surface area contributed by atoms with E-state index in [0.717, 1.165) is 16.7 Å². The van der Waals surface area contributed by atoms with Gasteiger partial charge in [-0.3, -0.25) is 4.79 Å². The molecule has 0 radical (unpaired) electrons. The Kier molecular flexibility index (Phi) is 5.37. The van der Waals surface area contributed by atoms with E-state index in [0.29, 0.717) is 29.2 Å². The minimum atomic E-state index is -0.0740. The van der Waals surface area contributed by atoms with E-state index < -0.39 is 0 Å². The molecule has 3 nitrogen and oxygen atoms in total. The Morgan fingerprint density at radius 2 is 1.69 bits per heavy atom. The second kappa shape index (κ2) is 7.87. The third kappa shape index (κ3) is 3.77. The van der Waals surface area contributed by atoms with Crippen LogP contribution in [0.3, 0.4) is 0 Å². The first-order valence-corrected chi connectivity index (χ1v) is 8.56. The molecule has 26 heavy (non-hydrogen) atoms. The highest BCUT2D eigenvalue weighted by Gasteiger charge is 2.17. The maximum Gasteiger partial charge on any atom is 0.196 e. The number of rotatable bonds is 6. The van der Waals surface area contributed by atoms with Gasteiger partial charge in [-0.15, -0.1) is 0 Å². The summed E-state index contributed by atoms with van der Waals surface area (Å²) in [7, 11) is 1.60. The Bertz CT molecular complexity index is 914. The van der Waals surface area contributed by atoms with Gasteiger partial charge in [0, 0.05) is 5.56 Å². The van der Waals surface area contributed by atoms with Gasteiger partial charge in [0.2, 0.25) is 0 Å². The normalized spacial score (nSPS) is 10.4. The number of carbonyl (C=O) groups excluding carboxylic acids is 1. The molecule has 0 aromatic heterocycles. The summed E-state index contributed by atoms with van der Waals surface area (Å²) in [6.45, 7) is 4.43. The standard InChI is InChI=1S/C23H22O3/c1-16-12-13-21(23(25-3)17(16)2)22(24)19-10-7-11-20(14-19)26-15-18-8-5-4-6-9-18/h4-14H,15H2,1-3H3. The van der Waals surface area contributed by atoms with Crippen LogP contribution in [-0.2, 0) is 6.61 Å². The molecule has 132 valence electrons. The summed E-state index contributed by atoms with van der Waals surface area (Å²) in [5.41, 5.74) is 4.31. The summed E-state index contributed by atoms with van der Waals surface area (Å²) in [6, 6.07) is 21.0. The fraction of sp³-hybridized carbons (Fsp3) is 0.174. The average molecular weight is 346 g/mol. The van der Waals surface area contributed by atoms with Gasteiger partial charge in [-0.25, -0.2) is 0 Å². The molecule has 3 aromatic carbocycles. The second-order valence-electron chi connectivity index (χ2n) is 6.22. The molecule has 0 fully saturated rings. The largest absolute Gasteiger partial charge is 0.496 e. The molecule has 0 heterocycles. The third-order valence-corrected chi connectivity index (χ3v) is 4.47. The van der Waals surface area contributed by atoms with E-state index in [2.05, 4.69) is 0 Å². The van der Waals surface area contributed by atoms with Crippen molar-refractivity contribution in [2.45, 2.75) is 20.5 Å². The average Bonchev–Trinajstić information content (AvgIpc) is 2.69. The number of aryl methyl sites for hydroxylation is 1.